The van der Waals surface area contributed by atoms with Crippen molar-refractivity contribution in [2.24, 2.45) is 11.0 Å². The van der Waals surface area contributed by atoms with E-state index >= 15 is 0 Å². The zero-order valence-electron chi connectivity index (χ0n) is 21.0. The molecule has 1 aliphatic carbocycles. The SMILES string of the molecule is N#Cc1ccc(N2N=C3c4ccc(C(=O)NCC(=O)NCC(=O)O)cc4CC[C@@H]3[C@@H]2c2ccc(F)cc2)cc1Cl. The Kier molecular flexibility index (Phi) is 7.49. The van der Waals surface area contributed by atoms with Crippen LogP contribution in [0.25, 0.3) is 0 Å². The number of hydrazone groups is 1. The second-order valence-electron chi connectivity index (χ2n) is 9.47. The average Bonchev–Trinajstić information content (AvgIpc) is 3.35. The number of amides is 2. The van der Waals surface area contributed by atoms with E-state index in [1.807, 2.05) is 11.1 Å². The van der Waals surface area contributed by atoms with Gasteiger partial charge < -0.3 is 15.7 Å². The molecule has 0 spiro atoms. The van der Waals surface area contributed by atoms with E-state index in [4.69, 9.17) is 21.8 Å². The molecule has 9 nitrogen and oxygen atoms in total. The Hall–Kier alpha value is -4.75. The number of carbonyl (C=O) groups is 3. The Morgan fingerprint density at radius 3 is 2.55 bits per heavy atom. The molecule has 3 aromatic carbocycles. The molecule has 0 radical (unpaired) electrons. The zero-order chi connectivity index (χ0) is 28.4. The summed E-state index contributed by atoms with van der Waals surface area (Å²) in [5.74, 6) is -2.60. The topological polar surface area (TPSA) is 135 Å². The number of fused-ring (bicyclic) bond motifs is 3. The molecule has 202 valence electrons. The number of halogens is 2. The number of hydrogen-bond acceptors (Lipinski definition) is 6. The second-order valence-corrected chi connectivity index (χ2v) is 9.88. The maximum Gasteiger partial charge on any atom is 0.322 e. The third kappa shape index (κ3) is 5.37. The van der Waals surface area contributed by atoms with E-state index in [-0.39, 0.29) is 24.3 Å². The first kappa shape index (κ1) is 26.8. The minimum atomic E-state index is -1.18. The molecule has 3 N–H and O–H groups in total. The molecule has 2 atom stereocenters. The maximum absolute atomic E-state index is 13.8. The summed E-state index contributed by atoms with van der Waals surface area (Å²) in [6.45, 7) is -0.874. The number of carbonyl (C=O) groups excluding carboxylic acids is 2. The van der Waals surface area contributed by atoms with Crippen molar-refractivity contribution in [3.05, 3.63) is 99.3 Å². The van der Waals surface area contributed by atoms with Crippen molar-refractivity contribution in [3.63, 3.8) is 0 Å². The van der Waals surface area contributed by atoms with Crippen molar-refractivity contribution in [3.8, 4) is 6.07 Å². The molecule has 11 heteroatoms. The summed E-state index contributed by atoms with van der Waals surface area (Å²) in [5.41, 5.74) is 4.94. The molecule has 40 heavy (non-hydrogen) atoms. The summed E-state index contributed by atoms with van der Waals surface area (Å²) in [6, 6.07) is 18.5. The molecule has 3 aromatic rings. The number of benzene rings is 3. The van der Waals surface area contributed by atoms with E-state index in [9.17, 15) is 24.0 Å². The predicted molar refractivity (Wildman–Crippen MR) is 146 cm³/mol. The van der Waals surface area contributed by atoms with Gasteiger partial charge in [-0.2, -0.15) is 10.4 Å². The van der Waals surface area contributed by atoms with E-state index in [0.29, 0.717) is 28.3 Å². The van der Waals surface area contributed by atoms with Gasteiger partial charge in [-0.05, 0) is 66.4 Å². The quantitative estimate of drug-likeness (QED) is 0.403. The smallest absolute Gasteiger partial charge is 0.322 e. The molecule has 1 heterocycles. The molecule has 0 saturated carbocycles. The highest BCUT2D eigenvalue weighted by Gasteiger charge is 2.42. The van der Waals surface area contributed by atoms with Crippen LogP contribution in [0.15, 0.2) is 65.8 Å². The predicted octanol–water partition coefficient (Wildman–Crippen LogP) is 3.81. The molecule has 5 rings (SSSR count). The number of carboxylic acid groups (broad SMARTS) is 1. The van der Waals surface area contributed by atoms with Gasteiger partial charge >= 0.3 is 5.97 Å². The van der Waals surface area contributed by atoms with Gasteiger partial charge in [-0.3, -0.25) is 19.4 Å². The van der Waals surface area contributed by atoms with Gasteiger partial charge in [0.25, 0.3) is 5.91 Å². The van der Waals surface area contributed by atoms with Gasteiger partial charge in [0.1, 0.15) is 18.4 Å². The molecule has 0 aromatic heterocycles. The number of aliphatic carboxylic acids is 1. The summed E-state index contributed by atoms with van der Waals surface area (Å²) < 4.78 is 13.8. The summed E-state index contributed by atoms with van der Waals surface area (Å²) in [5, 5.41) is 29.8. The molecule has 1 aliphatic heterocycles. The van der Waals surface area contributed by atoms with Crippen LogP contribution in [0.5, 0.6) is 0 Å². The normalized spacial score (nSPS) is 17.2. The molecule has 2 aliphatic rings. The van der Waals surface area contributed by atoms with Crippen LogP contribution in [0.3, 0.4) is 0 Å². The lowest BCUT2D eigenvalue weighted by atomic mass is 9.77. The van der Waals surface area contributed by atoms with Crippen LogP contribution in [0.4, 0.5) is 10.1 Å². The van der Waals surface area contributed by atoms with Crippen molar-refractivity contribution in [2.45, 2.75) is 18.9 Å². The number of nitriles is 1. The minimum Gasteiger partial charge on any atom is -0.480 e. The van der Waals surface area contributed by atoms with Gasteiger partial charge in [-0.15, -0.1) is 0 Å². The molecular weight excluding hydrogens is 537 g/mol. The minimum absolute atomic E-state index is 0.0232. The summed E-state index contributed by atoms with van der Waals surface area (Å²) >= 11 is 6.34. The van der Waals surface area contributed by atoms with Crippen molar-refractivity contribution >= 4 is 40.8 Å². The van der Waals surface area contributed by atoms with E-state index in [1.165, 1.54) is 12.1 Å². The number of anilines is 1. The largest absolute Gasteiger partial charge is 0.480 e. The summed E-state index contributed by atoms with van der Waals surface area (Å²) in [7, 11) is 0. The highest BCUT2D eigenvalue weighted by Crippen LogP contribution is 2.46. The van der Waals surface area contributed by atoms with Crippen molar-refractivity contribution in [1.29, 1.82) is 5.26 Å². The van der Waals surface area contributed by atoms with E-state index < -0.39 is 24.3 Å². The van der Waals surface area contributed by atoms with Crippen molar-refractivity contribution in [1.82, 2.24) is 10.6 Å². The average molecular weight is 560 g/mol. The number of aryl methyl sites for hydroxylation is 1. The number of nitrogens with one attached hydrogen (secondary N) is 2. The standard InChI is InChI=1S/C29H23ClFN5O4/c30-24-12-21(8-3-19(24)13-32)36-28(16-1-6-20(31)7-2-16)23-10-4-17-11-18(5-9-22(17)27(23)35-36)29(40)34-14-25(37)33-15-26(38)39/h1-3,5-9,11-12,23,28H,4,10,14-15H2,(H,33,37)(H,34,40)(H,38,39)/t23-,28-/m0/s1. The van der Waals surface area contributed by atoms with Crippen LogP contribution >= 0.6 is 11.6 Å². The lowest BCUT2D eigenvalue weighted by Crippen LogP contribution is -2.39. The molecule has 0 fully saturated rings. The first-order valence-electron chi connectivity index (χ1n) is 12.5. The fourth-order valence-corrected chi connectivity index (χ4v) is 5.33. The number of carboxylic acids is 1. The Labute approximate surface area is 233 Å². The van der Waals surface area contributed by atoms with E-state index in [1.54, 1.807) is 42.5 Å². The Balaban J connectivity index is 1.44. The van der Waals surface area contributed by atoms with E-state index in [2.05, 4.69) is 16.7 Å². The van der Waals surface area contributed by atoms with Crippen LogP contribution in [-0.2, 0) is 16.0 Å². The molecule has 0 bridgehead atoms. The summed E-state index contributed by atoms with van der Waals surface area (Å²) in [4.78, 5) is 35.0. The lowest BCUT2D eigenvalue weighted by molar-refractivity contribution is -0.137. The molecular formula is C29H23ClFN5O4. The lowest BCUT2D eigenvalue weighted by Gasteiger charge is -2.31. The van der Waals surface area contributed by atoms with Gasteiger partial charge in [-0.1, -0.05) is 29.8 Å². The van der Waals surface area contributed by atoms with Gasteiger partial charge in [0.05, 0.1) is 34.6 Å². The Morgan fingerprint density at radius 1 is 1.07 bits per heavy atom. The Morgan fingerprint density at radius 2 is 1.85 bits per heavy atom. The van der Waals surface area contributed by atoms with Crippen molar-refractivity contribution < 1.29 is 23.9 Å². The fraction of sp³-hybridized carbons (Fsp3) is 0.207. The van der Waals surface area contributed by atoms with Gasteiger partial charge in [0.15, 0.2) is 0 Å². The number of rotatable bonds is 7. The molecule has 2 amide bonds. The van der Waals surface area contributed by atoms with Crippen LogP contribution in [0.2, 0.25) is 5.02 Å². The van der Waals surface area contributed by atoms with Crippen LogP contribution in [0, 0.1) is 23.1 Å². The third-order valence-electron chi connectivity index (χ3n) is 6.97. The first-order valence-corrected chi connectivity index (χ1v) is 12.9. The summed E-state index contributed by atoms with van der Waals surface area (Å²) in [6.07, 6.45) is 1.38. The van der Waals surface area contributed by atoms with Gasteiger partial charge in [0, 0.05) is 17.0 Å². The number of hydrogen-bond donors (Lipinski definition) is 3. The van der Waals surface area contributed by atoms with Crippen LogP contribution < -0.4 is 15.6 Å². The number of nitrogens with zero attached hydrogens (tertiary/aromatic N) is 3. The fourth-order valence-electron chi connectivity index (χ4n) is 5.11. The van der Waals surface area contributed by atoms with Crippen LogP contribution in [0.1, 0.15) is 45.1 Å². The third-order valence-corrected chi connectivity index (χ3v) is 7.29. The zero-order valence-corrected chi connectivity index (χ0v) is 21.8. The molecule has 0 unspecified atom stereocenters. The highest BCUT2D eigenvalue weighted by molar-refractivity contribution is 6.32. The Bertz CT molecular complexity index is 1580. The van der Waals surface area contributed by atoms with Gasteiger partial charge in [0.2, 0.25) is 5.91 Å². The highest BCUT2D eigenvalue weighted by atomic mass is 35.5. The first-order chi connectivity index (χ1) is 19.2. The van der Waals surface area contributed by atoms with E-state index in [0.717, 1.165) is 28.8 Å². The van der Waals surface area contributed by atoms with Gasteiger partial charge in [-0.25, -0.2) is 4.39 Å². The maximum atomic E-state index is 13.8. The van der Waals surface area contributed by atoms with Crippen LogP contribution in [-0.4, -0.2) is 41.7 Å². The second kappa shape index (κ2) is 11.2. The van der Waals surface area contributed by atoms with Crippen molar-refractivity contribution in [2.75, 3.05) is 18.1 Å². The molecule has 0 saturated heterocycles. The monoisotopic (exact) mass is 559 g/mol.